The van der Waals surface area contributed by atoms with Crippen LogP contribution in [0.1, 0.15) is 16.1 Å². The van der Waals surface area contributed by atoms with Crippen LogP contribution >= 0.6 is 11.3 Å². The maximum absolute atomic E-state index is 10.7. The SMILES string of the molecule is COCc1cc(C)nc2[nH]nc(N=Cc3ccc([N+](=O)[O-])s3)c12. The molecule has 8 nitrogen and oxygen atoms in total. The molecule has 3 rings (SSSR count). The standard InChI is InChI=1S/C14H13N5O3S/c1-8-5-9(7-22-2)12-13(17-18-14(12)16-8)15-6-10-3-4-11(23-10)19(20)21/h3-6H,7H2,1-2H3,(H,16,17,18). The van der Waals surface area contributed by atoms with Crippen molar-refractivity contribution in [2.45, 2.75) is 13.5 Å². The van der Waals surface area contributed by atoms with Gasteiger partial charge in [-0.2, -0.15) is 5.10 Å². The largest absolute Gasteiger partial charge is 0.380 e. The molecule has 0 atom stereocenters. The molecule has 3 aromatic rings. The summed E-state index contributed by atoms with van der Waals surface area (Å²) in [5, 5.41) is 18.6. The fraction of sp³-hybridized carbons (Fsp3) is 0.214. The number of nitrogens with one attached hydrogen (secondary N) is 1. The number of pyridine rings is 1. The van der Waals surface area contributed by atoms with Gasteiger partial charge in [-0.3, -0.25) is 15.2 Å². The van der Waals surface area contributed by atoms with E-state index in [0.29, 0.717) is 22.9 Å². The molecule has 0 spiro atoms. The molecule has 0 saturated carbocycles. The Morgan fingerprint density at radius 3 is 3.04 bits per heavy atom. The van der Waals surface area contributed by atoms with E-state index in [2.05, 4.69) is 20.2 Å². The predicted octanol–water partition coefficient (Wildman–Crippen LogP) is 3.13. The zero-order valence-electron chi connectivity index (χ0n) is 12.4. The van der Waals surface area contributed by atoms with Gasteiger partial charge in [-0.05, 0) is 24.6 Å². The fourth-order valence-electron chi connectivity index (χ4n) is 2.23. The third-order valence-corrected chi connectivity index (χ3v) is 4.10. The molecule has 0 aliphatic rings. The van der Waals surface area contributed by atoms with Gasteiger partial charge < -0.3 is 4.74 Å². The Hall–Kier alpha value is -2.65. The van der Waals surface area contributed by atoms with Crippen LogP contribution in [0, 0.1) is 17.0 Å². The first kappa shape index (κ1) is 15.3. The highest BCUT2D eigenvalue weighted by Gasteiger charge is 2.13. The lowest BCUT2D eigenvalue weighted by atomic mass is 10.1. The number of H-pyrrole nitrogens is 1. The van der Waals surface area contributed by atoms with Gasteiger partial charge in [0.15, 0.2) is 11.5 Å². The Morgan fingerprint density at radius 1 is 1.52 bits per heavy atom. The molecule has 9 heteroatoms. The number of hydrogen-bond donors (Lipinski definition) is 1. The maximum Gasteiger partial charge on any atom is 0.324 e. The highest BCUT2D eigenvalue weighted by Crippen LogP contribution is 2.28. The van der Waals surface area contributed by atoms with Gasteiger partial charge in [0, 0.05) is 25.1 Å². The Labute approximate surface area is 135 Å². The van der Waals surface area contributed by atoms with Crippen LogP contribution in [0.2, 0.25) is 0 Å². The van der Waals surface area contributed by atoms with Gasteiger partial charge >= 0.3 is 5.00 Å². The molecule has 0 aliphatic heterocycles. The molecule has 1 N–H and O–H groups in total. The van der Waals surface area contributed by atoms with E-state index in [1.54, 1.807) is 19.4 Å². The van der Waals surface area contributed by atoms with Gasteiger partial charge in [-0.25, -0.2) is 9.98 Å². The summed E-state index contributed by atoms with van der Waals surface area (Å²) in [7, 11) is 1.62. The van der Waals surface area contributed by atoms with Crippen molar-refractivity contribution in [3.8, 4) is 0 Å². The lowest BCUT2D eigenvalue weighted by Gasteiger charge is -2.03. The van der Waals surface area contributed by atoms with Crippen LogP contribution in [0.5, 0.6) is 0 Å². The summed E-state index contributed by atoms with van der Waals surface area (Å²) in [4.78, 5) is 19.7. The van der Waals surface area contributed by atoms with Crippen molar-refractivity contribution in [1.29, 1.82) is 0 Å². The Balaban J connectivity index is 1.99. The van der Waals surface area contributed by atoms with Crippen molar-refractivity contribution in [2.24, 2.45) is 4.99 Å². The average molecular weight is 331 g/mol. The zero-order chi connectivity index (χ0) is 16.4. The first-order chi connectivity index (χ1) is 11.1. The van der Waals surface area contributed by atoms with E-state index in [1.807, 2.05) is 13.0 Å². The molecule has 0 fully saturated rings. The van der Waals surface area contributed by atoms with E-state index in [4.69, 9.17) is 4.74 Å². The number of aryl methyl sites for hydroxylation is 1. The van der Waals surface area contributed by atoms with Crippen molar-refractivity contribution >= 4 is 39.4 Å². The van der Waals surface area contributed by atoms with Crippen molar-refractivity contribution in [1.82, 2.24) is 15.2 Å². The number of hydrogen-bond acceptors (Lipinski definition) is 7. The summed E-state index contributed by atoms with van der Waals surface area (Å²) in [6.45, 7) is 2.32. The quantitative estimate of drug-likeness (QED) is 0.439. The Kier molecular flexibility index (Phi) is 4.13. The number of ether oxygens (including phenoxy) is 1. The number of aliphatic imine (C=N–C) groups is 1. The second kappa shape index (κ2) is 6.23. The van der Waals surface area contributed by atoms with Gasteiger partial charge in [-0.1, -0.05) is 11.3 Å². The number of aromatic amines is 1. The summed E-state index contributed by atoms with van der Waals surface area (Å²) in [6, 6.07) is 5.03. The third-order valence-electron chi connectivity index (χ3n) is 3.13. The third kappa shape index (κ3) is 3.10. The summed E-state index contributed by atoms with van der Waals surface area (Å²) in [5.74, 6) is 0.482. The first-order valence-corrected chi connectivity index (χ1v) is 7.52. The molecule has 0 saturated heterocycles. The average Bonchev–Trinajstić information content (AvgIpc) is 3.12. The smallest absolute Gasteiger partial charge is 0.324 e. The first-order valence-electron chi connectivity index (χ1n) is 6.70. The van der Waals surface area contributed by atoms with E-state index < -0.39 is 4.92 Å². The van der Waals surface area contributed by atoms with Crippen LogP contribution in [0.4, 0.5) is 10.8 Å². The normalized spacial score (nSPS) is 11.6. The van der Waals surface area contributed by atoms with Gasteiger partial charge in [-0.15, -0.1) is 0 Å². The van der Waals surface area contributed by atoms with Crippen LogP contribution in [0.3, 0.4) is 0 Å². The molecule has 3 heterocycles. The molecule has 118 valence electrons. The van der Waals surface area contributed by atoms with Gasteiger partial charge in [0.2, 0.25) is 0 Å². The molecular weight excluding hydrogens is 318 g/mol. The molecule has 0 radical (unpaired) electrons. The monoisotopic (exact) mass is 331 g/mol. The topological polar surface area (TPSA) is 106 Å². The van der Waals surface area contributed by atoms with Crippen LogP contribution in [0.15, 0.2) is 23.2 Å². The highest BCUT2D eigenvalue weighted by atomic mass is 32.1. The van der Waals surface area contributed by atoms with Gasteiger partial charge in [0.25, 0.3) is 0 Å². The molecule has 0 amide bonds. The van der Waals surface area contributed by atoms with E-state index in [9.17, 15) is 10.1 Å². The van der Waals surface area contributed by atoms with E-state index >= 15 is 0 Å². The van der Waals surface area contributed by atoms with Crippen molar-refractivity contribution in [2.75, 3.05) is 7.11 Å². The molecule has 0 bridgehead atoms. The molecule has 0 aliphatic carbocycles. The number of methoxy groups -OCH3 is 1. The molecule has 23 heavy (non-hydrogen) atoms. The summed E-state index contributed by atoms with van der Waals surface area (Å²) in [5.41, 5.74) is 2.44. The summed E-state index contributed by atoms with van der Waals surface area (Å²) in [6.07, 6.45) is 1.56. The highest BCUT2D eigenvalue weighted by molar-refractivity contribution is 7.16. The second-order valence-electron chi connectivity index (χ2n) is 4.82. The maximum atomic E-state index is 10.7. The number of rotatable bonds is 5. The minimum Gasteiger partial charge on any atom is -0.380 e. The molecule has 0 aromatic carbocycles. The number of nitrogens with zero attached hydrogens (tertiary/aromatic N) is 4. The Morgan fingerprint density at radius 2 is 2.35 bits per heavy atom. The van der Waals surface area contributed by atoms with Crippen LogP contribution in [-0.2, 0) is 11.3 Å². The second-order valence-corrected chi connectivity index (χ2v) is 5.91. The lowest BCUT2D eigenvalue weighted by Crippen LogP contribution is -1.92. The molecule has 3 aromatic heterocycles. The van der Waals surface area contributed by atoms with E-state index in [1.165, 1.54) is 6.07 Å². The van der Waals surface area contributed by atoms with Crippen molar-refractivity contribution in [3.05, 3.63) is 44.4 Å². The van der Waals surface area contributed by atoms with Crippen molar-refractivity contribution < 1.29 is 9.66 Å². The minimum atomic E-state index is -0.421. The lowest BCUT2D eigenvalue weighted by molar-refractivity contribution is -0.380. The molecular formula is C14H13N5O3S. The summed E-state index contributed by atoms with van der Waals surface area (Å²) >= 11 is 1.06. The van der Waals surface area contributed by atoms with E-state index in [0.717, 1.165) is 28.0 Å². The van der Waals surface area contributed by atoms with E-state index in [-0.39, 0.29) is 5.00 Å². The number of aromatic nitrogens is 3. The van der Waals surface area contributed by atoms with Crippen LogP contribution in [0.25, 0.3) is 11.0 Å². The van der Waals surface area contributed by atoms with Crippen LogP contribution < -0.4 is 0 Å². The number of nitro groups is 1. The van der Waals surface area contributed by atoms with Gasteiger partial charge in [0.1, 0.15) is 0 Å². The molecule has 0 unspecified atom stereocenters. The van der Waals surface area contributed by atoms with Crippen molar-refractivity contribution in [3.63, 3.8) is 0 Å². The zero-order valence-corrected chi connectivity index (χ0v) is 13.3. The minimum absolute atomic E-state index is 0.0794. The Bertz CT molecular complexity index is 899. The van der Waals surface area contributed by atoms with Crippen LogP contribution in [-0.4, -0.2) is 33.4 Å². The van der Waals surface area contributed by atoms with Gasteiger partial charge in [0.05, 0.1) is 21.8 Å². The summed E-state index contributed by atoms with van der Waals surface area (Å²) < 4.78 is 5.21. The predicted molar refractivity (Wildman–Crippen MR) is 87.6 cm³/mol. The number of fused-ring (bicyclic) bond motifs is 1. The fourth-order valence-corrected chi connectivity index (χ4v) is 2.92. The number of thiophene rings is 1.